The summed E-state index contributed by atoms with van der Waals surface area (Å²) in [6.07, 6.45) is 1.59. The minimum absolute atomic E-state index is 0.453. The van der Waals surface area contributed by atoms with Crippen LogP contribution in [-0.2, 0) is 14.2 Å². The molecule has 2 N–H and O–H groups in total. The molecule has 0 aliphatic heterocycles. The SMILES string of the molecule is COCCOCCOCCOc1cc(C)c(N)cn1. The lowest BCUT2D eigenvalue weighted by Crippen LogP contribution is -2.12. The molecule has 1 rings (SSSR count). The van der Waals surface area contributed by atoms with Gasteiger partial charge in [0.25, 0.3) is 0 Å². The van der Waals surface area contributed by atoms with Crippen molar-refractivity contribution in [3.8, 4) is 5.88 Å². The molecule has 0 spiro atoms. The lowest BCUT2D eigenvalue weighted by atomic mass is 10.2. The fourth-order valence-electron chi connectivity index (χ4n) is 1.29. The molecule has 0 aromatic carbocycles. The number of aromatic nitrogens is 1. The van der Waals surface area contributed by atoms with E-state index in [9.17, 15) is 0 Å². The van der Waals surface area contributed by atoms with Gasteiger partial charge in [-0.25, -0.2) is 4.98 Å². The van der Waals surface area contributed by atoms with E-state index in [0.717, 1.165) is 5.56 Å². The third-order valence-corrected chi connectivity index (χ3v) is 2.41. The van der Waals surface area contributed by atoms with Gasteiger partial charge in [-0.15, -0.1) is 0 Å². The van der Waals surface area contributed by atoms with Crippen LogP contribution in [0, 0.1) is 6.92 Å². The fraction of sp³-hybridized carbons (Fsp3) is 0.615. The van der Waals surface area contributed by atoms with Crippen LogP contribution in [0.2, 0.25) is 0 Å². The number of hydrogen-bond donors (Lipinski definition) is 1. The molecule has 0 fully saturated rings. The number of methoxy groups -OCH3 is 1. The predicted molar refractivity (Wildman–Crippen MR) is 72.4 cm³/mol. The largest absolute Gasteiger partial charge is 0.475 e. The van der Waals surface area contributed by atoms with Gasteiger partial charge < -0.3 is 24.7 Å². The number of pyridine rings is 1. The molecule has 1 aromatic heterocycles. The molecule has 1 heterocycles. The van der Waals surface area contributed by atoms with Gasteiger partial charge in [0, 0.05) is 13.2 Å². The Morgan fingerprint density at radius 3 is 2.32 bits per heavy atom. The Kier molecular flexibility index (Phi) is 7.88. The monoisotopic (exact) mass is 270 g/mol. The minimum Gasteiger partial charge on any atom is -0.475 e. The van der Waals surface area contributed by atoms with E-state index in [1.165, 1.54) is 0 Å². The van der Waals surface area contributed by atoms with Crippen molar-refractivity contribution < 1.29 is 18.9 Å². The number of ether oxygens (including phenoxy) is 4. The number of nitrogen functional groups attached to an aromatic ring is 1. The van der Waals surface area contributed by atoms with Crippen LogP contribution in [0.5, 0.6) is 5.88 Å². The first kappa shape index (κ1) is 15.7. The molecule has 0 radical (unpaired) electrons. The summed E-state index contributed by atoms with van der Waals surface area (Å²) < 4.78 is 20.9. The molecule has 0 unspecified atom stereocenters. The lowest BCUT2D eigenvalue weighted by Gasteiger charge is -2.08. The Bertz CT molecular complexity index is 360. The quantitative estimate of drug-likeness (QED) is 0.640. The van der Waals surface area contributed by atoms with Crippen molar-refractivity contribution in [2.24, 2.45) is 0 Å². The molecule has 0 aliphatic carbocycles. The van der Waals surface area contributed by atoms with Gasteiger partial charge in [0.1, 0.15) is 6.61 Å². The topological polar surface area (TPSA) is 75.8 Å². The maximum Gasteiger partial charge on any atom is 0.213 e. The highest BCUT2D eigenvalue weighted by Gasteiger charge is 1.99. The van der Waals surface area contributed by atoms with Crippen molar-refractivity contribution in [3.63, 3.8) is 0 Å². The van der Waals surface area contributed by atoms with Gasteiger partial charge in [-0.1, -0.05) is 0 Å². The molecular formula is C13H22N2O4. The van der Waals surface area contributed by atoms with Crippen LogP contribution in [0.3, 0.4) is 0 Å². The number of anilines is 1. The molecule has 0 saturated heterocycles. The van der Waals surface area contributed by atoms with Crippen LogP contribution in [0.1, 0.15) is 5.56 Å². The van der Waals surface area contributed by atoms with E-state index in [1.54, 1.807) is 13.3 Å². The van der Waals surface area contributed by atoms with E-state index < -0.39 is 0 Å². The van der Waals surface area contributed by atoms with Gasteiger partial charge in [-0.05, 0) is 12.5 Å². The first-order valence-electron chi connectivity index (χ1n) is 6.23. The normalized spacial score (nSPS) is 10.6. The Hall–Kier alpha value is -1.37. The van der Waals surface area contributed by atoms with Gasteiger partial charge in [0.05, 0.1) is 44.9 Å². The summed E-state index contributed by atoms with van der Waals surface area (Å²) in [6.45, 7) is 5.16. The molecule has 6 nitrogen and oxygen atoms in total. The van der Waals surface area contributed by atoms with Crippen molar-refractivity contribution in [1.82, 2.24) is 4.98 Å². The number of nitrogens with zero attached hydrogens (tertiary/aromatic N) is 1. The third-order valence-electron chi connectivity index (χ3n) is 2.41. The summed E-state index contributed by atoms with van der Waals surface area (Å²) in [4.78, 5) is 4.07. The number of hydrogen-bond acceptors (Lipinski definition) is 6. The summed E-state index contributed by atoms with van der Waals surface area (Å²) in [5.74, 6) is 0.562. The van der Waals surface area contributed by atoms with Gasteiger partial charge in [-0.3, -0.25) is 0 Å². The summed E-state index contributed by atoms with van der Waals surface area (Å²) in [5, 5.41) is 0. The van der Waals surface area contributed by atoms with E-state index in [4.69, 9.17) is 24.7 Å². The first-order chi connectivity index (χ1) is 9.24. The average Bonchev–Trinajstić information content (AvgIpc) is 2.41. The predicted octanol–water partition coefficient (Wildman–Crippen LogP) is 1.03. The van der Waals surface area contributed by atoms with E-state index in [2.05, 4.69) is 4.98 Å². The number of aryl methyl sites for hydroxylation is 1. The summed E-state index contributed by atoms with van der Waals surface area (Å²) in [6, 6.07) is 1.81. The molecule has 6 heteroatoms. The third kappa shape index (κ3) is 6.95. The molecule has 108 valence electrons. The standard InChI is InChI=1S/C13H22N2O4/c1-11-9-13(15-10-12(11)14)19-8-7-18-6-5-17-4-3-16-2/h9-10H,3-8,14H2,1-2H3. The highest BCUT2D eigenvalue weighted by Crippen LogP contribution is 2.14. The molecule has 0 amide bonds. The Balaban J connectivity index is 2.00. The second-order valence-electron chi connectivity index (χ2n) is 3.95. The van der Waals surface area contributed by atoms with Crippen LogP contribution in [0.25, 0.3) is 0 Å². The van der Waals surface area contributed by atoms with Crippen LogP contribution >= 0.6 is 0 Å². The highest BCUT2D eigenvalue weighted by atomic mass is 16.6. The van der Waals surface area contributed by atoms with Crippen molar-refractivity contribution in [3.05, 3.63) is 17.8 Å². The van der Waals surface area contributed by atoms with Gasteiger partial charge >= 0.3 is 0 Å². The van der Waals surface area contributed by atoms with Crippen LogP contribution in [-0.4, -0.2) is 51.7 Å². The van der Waals surface area contributed by atoms with E-state index >= 15 is 0 Å². The Morgan fingerprint density at radius 1 is 1.05 bits per heavy atom. The van der Waals surface area contributed by atoms with E-state index in [0.29, 0.717) is 51.2 Å². The smallest absolute Gasteiger partial charge is 0.213 e. The van der Waals surface area contributed by atoms with E-state index in [-0.39, 0.29) is 0 Å². The van der Waals surface area contributed by atoms with Gasteiger partial charge in [0.15, 0.2) is 0 Å². The molecule has 0 saturated carbocycles. The zero-order chi connectivity index (χ0) is 13.9. The van der Waals surface area contributed by atoms with Crippen LogP contribution in [0.4, 0.5) is 5.69 Å². The molecule has 1 aromatic rings. The summed E-state index contributed by atoms with van der Waals surface area (Å²) in [5.41, 5.74) is 7.29. The fourth-order valence-corrected chi connectivity index (χ4v) is 1.29. The molecule has 0 atom stereocenters. The van der Waals surface area contributed by atoms with Crippen molar-refractivity contribution in [2.45, 2.75) is 6.92 Å². The summed E-state index contributed by atoms with van der Waals surface area (Å²) in [7, 11) is 1.64. The zero-order valence-corrected chi connectivity index (χ0v) is 11.6. The van der Waals surface area contributed by atoms with Gasteiger partial charge in [-0.2, -0.15) is 0 Å². The van der Waals surface area contributed by atoms with Crippen molar-refractivity contribution in [2.75, 3.05) is 52.5 Å². The average molecular weight is 270 g/mol. The Labute approximate surface area is 113 Å². The molecule has 0 bridgehead atoms. The highest BCUT2D eigenvalue weighted by molar-refractivity contribution is 5.45. The van der Waals surface area contributed by atoms with Gasteiger partial charge in [0.2, 0.25) is 5.88 Å². The number of nitrogens with two attached hydrogens (primary N) is 1. The number of rotatable bonds is 10. The van der Waals surface area contributed by atoms with Crippen molar-refractivity contribution in [1.29, 1.82) is 0 Å². The van der Waals surface area contributed by atoms with Crippen molar-refractivity contribution >= 4 is 5.69 Å². The zero-order valence-electron chi connectivity index (χ0n) is 11.6. The maximum atomic E-state index is 5.67. The van der Waals surface area contributed by atoms with Crippen LogP contribution in [0.15, 0.2) is 12.3 Å². The second-order valence-corrected chi connectivity index (χ2v) is 3.95. The Morgan fingerprint density at radius 2 is 1.68 bits per heavy atom. The minimum atomic E-state index is 0.453. The summed E-state index contributed by atoms with van der Waals surface area (Å²) >= 11 is 0. The maximum absolute atomic E-state index is 5.67. The molecule has 0 aliphatic rings. The molecule has 19 heavy (non-hydrogen) atoms. The first-order valence-corrected chi connectivity index (χ1v) is 6.23. The lowest BCUT2D eigenvalue weighted by molar-refractivity contribution is 0.0176. The van der Waals surface area contributed by atoms with Crippen LogP contribution < -0.4 is 10.5 Å². The molecular weight excluding hydrogens is 248 g/mol. The second kappa shape index (κ2) is 9.55. The van der Waals surface area contributed by atoms with E-state index in [1.807, 2.05) is 13.0 Å².